The Morgan fingerprint density at radius 2 is 1.46 bits per heavy atom. The first-order chi connectivity index (χ1) is 13.5. The number of rotatable bonds is 3. The largest absolute Gasteiger partial charge is 0.326 e. The molecule has 4 unspecified atom stereocenters. The normalized spacial score (nSPS) is 36.7. The van der Waals surface area contributed by atoms with Crippen molar-refractivity contribution in [2.75, 3.05) is 5.32 Å². The van der Waals surface area contributed by atoms with Crippen LogP contribution in [-0.4, -0.2) is 28.7 Å². The average Bonchev–Trinajstić information content (AvgIpc) is 3.38. The van der Waals surface area contributed by atoms with Crippen LogP contribution in [0, 0.1) is 36.5 Å². The van der Waals surface area contributed by atoms with Gasteiger partial charge in [-0.15, -0.1) is 0 Å². The molecule has 1 aliphatic heterocycles. The molecule has 5 rings (SSSR count). The molecule has 28 heavy (non-hydrogen) atoms. The lowest BCUT2D eigenvalue weighted by Crippen LogP contribution is -2.44. The maximum absolute atomic E-state index is 13.0. The smallest absolute Gasteiger partial charge is 0.233 e. The fourth-order valence-corrected chi connectivity index (χ4v) is 6.27. The van der Waals surface area contributed by atoms with Crippen molar-refractivity contribution in [1.29, 1.82) is 0 Å². The standard InChI is InChI=1S/C23H28N2O3/c1-13-2-8-17(9-3-13)24-21(26)14-6-10-18(11-7-14)25-22(27)19-15-4-5-16(12-15)20(19)23(25)28/h2-3,8-9,14-16,18-20H,4-7,10-12H2,1H3,(H,24,26). The molecule has 4 aliphatic rings. The van der Waals surface area contributed by atoms with E-state index in [2.05, 4.69) is 5.32 Å². The fourth-order valence-electron chi connectivity index (χ4n) is 6.27. The van der Waals surface area contributed by atoms with Crippen molar-refractivity contribution in [3.05, 3.63) is 29.8 Å². The minimum atomic E-state index is -0.0407. The molecule has 1 N–H and O–H groups in total. The second kappa shape index (κ2) is 6.71. The summed E-state index contributed by atoms with van der Waals surface area (Å²) in [6, 6.07) is 7.82. The van der Waals surface area contributed by atoms with Crippen molar-refractivity contribution >= 4 is 23.4 Å². The van der Waals surface area contributed by atoms with Crippen LogP contribution in [0.15, 0.2) is 24.3 Å². The number of anilines is 1. The molecule has 0 aromatic heterocycles. The van der Waals surface area contributed by atoms with Gasteiger partial charge < -0.3 is 5.32 Å². The molecule has 1 saturated heterocycles. The molecule has 3 aliphatic carbocycles. The van der Waals surface area contributed by atoms with Gasteiger partial charge in [-0.3, -0.25) is 19.3 Å². The fraction of sp³-hybridized carbons (Fsp3) is 0.609. The van der Waals surface area contributed by atoms with Gasteiger partial charge in [0, 0.05) is 17.6 Å². The van der Waals surface area contributed by atoms with Gasteiger partial charge in [0.05, 0.1) is 11.8 Å². The van der Waals surface area contributed by atoms with Crippen LogP contribution in [0.1, 0.15) is 50.5 Å². The van der Waals surface area contributed by atoms with Crippen molar-refractivity contribution in [2.45, 2.75) is 57.9 Å². The summed E-state index contributed by atoms with van der Waals surface area (Å²) < 4.78 is 0. The van der Waals surface area contributed by atoms with Gasteiger partial charge in [-0.05, 0) is 75.8 Å². The molecule has 148 valence electrons. The van der Waals surface area contributed by atoms with Crippen LogP contribution in [0.25, 0.3) is 0 Å². The van der Waals surface area contributed by atoms with Crippen LogP contribution >= 0.6 is 0 Å². The number of amides is 3. The number of carbonyl (C=O) groups excluding carboxylic acids is 3. The van der Waals surface area contributed by atoms with Crippen LogP contribution in [-0.2, 0) is 14.4 Å². The number of nitrogens with one attached hydrogen (secondary N) is 1. The van der Waals surface area contributed by atoms with E-state index >= 15 is 0 Å². The summed E-state index contributed by atoms with van der Waals surface area (Å²) in [6.07, 6.45) is 6.28. The summed E-state index contributed by atoms with van der Waals surface area (Å²) in [5.41, 5.74) is 1.99. The van der Waals surface area contributed by atoms with Crippen LogP contribution in [0.2, 0.25) is 0 Å². The van der Waals surface area contributed by atoms with Crippen molar-refractivity contribution in [1.82, 2.24) is 4.90 Å². The molecule has 5 heteroatoms. The summed E-state index contributed by atoms with van der Waals surface area (Å²) in [6.45, 7) is 2.02. The van der Waals surface area contributed by atoms with Crippen molar-refractivity contribution in [2.24, 2.45) is 29.6 Å². The summed E-state index contributed by atoms with van der Waals surface area (Å²) in [4.78, 5) is 40.2. The molecule has 5 nitrogen and oxygen atoms in total. The molecule has 2 bridgehead atoms. The molecule has 1 heterocycles. The van der Waals surface area contributed by atoms with Gasteiger partial charge in [0.2, 0.25) is 17.7 Å². The van der Waals surface area contributed by atoms with E-state index in [1.165, 1.54) is 0 Å². The molecule has 3 amide bonds. The first-order valence-electron chi connectivity index (χ1n) is 10.8. The molecule has 1 aromatic carbocycles. The Bertz CT molecular complexity index is 782. The monoisotopic (exact) mass is 380 g/mol. The van der Waals surface area contributed by atoms with E-state index in [-0.39, 0.29) is 41.5 Å². The topological polar surface area (TPSA) is 66.5 Å². The molecular formula is C23H28N2O3. The van der Waals surface area contributed by atoms with Gasteiger partial charge in [0.15, 0.2) is 0 Å². The Morgan fingerprint density at radius 1 is 0.893 bits per heavy atom. The first kappa shape index (κ1) is 17.9. The number of nitrogens with zero attached hydrogens (tertiary/aromatic N) is 1. The Morgan fingerprint density at radius 3 is 2.04 bits per heavy atom. The summed E-state index contributed by atoms with van der Waals surface area (Å²) in [5.74, 6) is 1.01. The lowest BCUT2D eigenvalue weighted by Gasteiger charge is -2.33. The van der Waals surface area contributed by atoms with Gasteiger partial charge in [0.1, 0.15) is 0 Å². The zero-order valence-corrected chi connectivity index (χ0v) is 16.4. The number of hydrogen-bond donors (Lipinski definition) is 1. The quantitative estimate of drug-likeness (QED) is 0.816. The second-order valence-electron chi connectivity index (χ2n) is 9.29. The van der Waals surface area contributed by atoms with Gasteiger partial charge in [-0.25, -0.2) is 0 Å². The molecule has 0 spiro atoms. The molecule has 4 atom stereocenters. The maximum Gasteiger partial charge on any atom is 0.233 e. The van der Waals surface area contributed by atoms with Gasteiger partial charge in [-0.1, -0.05) is 17.7 Å². The SMILES string of the molecule is Cc1ccc(NC(=O)C2CCC(N3C(=O)C4C5CCC(C5)C4C3=O)CC2)cc1. The van der Waals surface area contributed by atoms with Crippen molar-refractivity contribution < 1.29 is 14.4 Å². The number of benzene rings is 1. The number of imide groups is 1. The third-order valence-electron chi connectivity index (χ3n) is 7.71. The van der Waals surface area contributed by atoms with E-state index in [0.717, 1.165) is 56.2 Å². The summed E-state index contributed by atoms with van der Waals surface area (Å²) in [7, 11) is 0. The van der Waals surface area contributed by atoms with Crippen LogP contribution in [0.3, 0.4) is 0 Å². The average molecular weight is 380 g/mol. The number of likely N-dealkylation sites (tertiary alicyclic amines) is 1. The highest BCUT2D eigenvalue weighted by Crippen LogP contribution is 2.56. The molecule has 4 fully saturated rings. The highest BCUT2D eigenvalue weighted by Gasteiger charge is 2.61. The van der Waals surface area contributed by atoms with E-state index < -0.39 is 0 Å². The molecule has 1 aromatic rings. The highest BCUT2D eigenvalue weighted by atomic mass is 16.2. The predicted octanol–water partition coefficient (Wildman–Crippen LogP) is 3.52. The van der Waals surface area contributed by atoms with Crippen LogP contribution in [0.5, 0.6) is 0 Å². The molecule has 0 radical (unpaired) electrons. The van der Waals surface area contributed by atoms with E-state index in [1.54, 1.807) is 4.90 Å². The Labute approximate surface area is 165 Å². The number of carbonyl (C=O) groups is 3. The number of fused-ring (bicyclic) bond motifs is 5. The van der Waals surface area contributed by atoms with Crippen LogP contribution < -0.4 is 5.32 Å². The predicted molar refractivity (Wildman–Crippen MR) is 105 cm³/mol. The van der Waals surface area contributed by atoms with E-state index in [4.69, 9.17) is 0 Å². The van der Waals surface area contributed by atoms with Crippen molar-refractivity contribution in [3.63, 3.8) is 0 Å². The third-order valence-corrected chi connectivity index (χ3v) is 7.71. The lowest BCUT2D eigenvalue weighted by molar-refractivity contribution is -0.144. The van der Waals surface area contributed by atoms with Gasteiger partial charge >= 0.3 is 0 Å². The zero-order valence-electron chi connectivity index (χ0n) is 16.4. The second-order valence-corrected chi connectivity index (χ2v) is 9.29. The molecule has 3 saturated carbocycles. The van der Waals surface area contributed by atoms with Crippen LogP contribution in [0.4, 0.5) is 5.69 Å². The Kier molecular flexibility index (Phi) is 4.29. The first-order valence-corrected chi connectivity index (χ1v) is 10.8. The minimum Gasteiger partial charge on any atom is -0.326 e. The highest BCUT2D eigenvalue weighted by molar-refractivity contribution is 6.06. The summed E-state index contributed by atoms with van der Waals surface area (Å²) in [5, 5.41) is 3.01. The minimum absolute atomic E-state index is 0.00609. The maximum atomic E-state index is 13.0. The lowest BCUT2D eigenvalue weighted by atomic mass is 9.81. The van der Waals surface area contributed by atoms with Gasteiger partial charge in [0.25, 0.3) is 0 Å². The zero-order chi connectivity index (χ0) is 19.4. The Balaban J connectivity index is 1.20. The van der Waals surface area contributed by atoms with Crippen molar-refractivity contribution in [3.8, 4) is 0 Å². The third kappa shape index (κ3) is 2.78. The Hall–Kier alpha value is -2.17. The van der Waals surface area contributed by atoms with E-state index in [1.807, 2.05) is 31.2 Å². The number of hydrogen-bond acceptors (Lipinski definition) is 3. The van der Waals surface area contributed by atoms with E-state index in [0.29, 0.717) is 11.8 Å². The summed E-state index contributed by atoms with van der Waals surface area (Å²) >= 11 is 0. The van der Waals surface area contributed by atoms with E-state index in [9.17, 15) is 14.4 Å². The number of aryl methyl sites for hydroxylation is 1. The van der Waals surface area contributed by atoms with Gasteiger partial charge in [-0.2, -0.15) is 0 Å². The molecular weight excluding hydrogens is 352 g/mol.